The third-order valence-electron chi connectivity index (χ3n) is 4.51. The fraction of sp³-hybridized carbons (Fsp3) is 0.444. The maximum absolute atomic E-state index is 12.2. The maximum Gasteiger partial charge on any atom is 0.233 e. The number of carbonyl (C=O) groups is 1. The van der Waals surface area contributed by atoms with Crippen molar-refractivity contribution in [2.75, 3.05) is 32.5 Å². The Bertz CT molecular complexity index is 882. The van der Waals surface area contributed by atoms with Gasteiger partial charge in [-0.05, 0) is 31.0 Å². The zero-order valence-corrected chi connectivity index (χ0v) is 16.4. The van der Waals surface area contributed by atoms with E-state index in [4.69, 9.17) is 4.74 Å². The molecule has 1 aliphatic rings. The summed E-state index contributed by atoms with van der Waals surface area (Å²) >= 11 is 0. The van der Waals surface area contributed by atoms with Crippen LogP contribution in [0, 0.1) is 5.92 Å². The summed E-state index contributed by atoms with van der Waals surface area (Å²) in [5, 5.41) is 10.9. The van der Waals surface area contributed by atoms with E-state index in [2.05, 4.69) is 20.5 Å². The van der Waals surface area contributed by atoms with Crippen LogP contribution in [-0.2, 0) is 14.8 Å². The first-order chi connectivity index (χ1) is 13.4. The van der Waals surface area contributed by atoms with E-state index in [1.165, 1.54) is 10.6 Å². The van der Waals surface area contributed by atoms with Gasteiger partial charge in [0.1, 0.15) is 12.3 Å². The Morgan fingerprint density at radius 1 is 1.18 bits per heavy atom. The van der Waals surface area contributed by atoms with E-state index in [0.717, 1.165) is 5.69 Å². The first-order valence-corrected chi connectivity index (χ1v) is 10.9. The van der Waals surface area contributed by atoms with E-state index in [0.29, 0.717) is 44.0 Å². The van der Waals surface area contributed by atoms with Crippen molar-refractivity contribution in [2.24, 2.45) is 5.92 Å². The van der Waals surface area contributed by atoms with Crippen molar-refractivity contribution in [3.05, 3.63) is 36.5 Å². The van der Waals surface area contributed by atoms with Gasteiger partial charge >= 0.3 is 0 Å². The topological polar surface area (TPSA) is 114 Å². The Morgan fingerprint density at radius 3 is 2.57 bits per heavy atom. The summed E-state index contributed by atoms with van der Waals surface area (Å²) in [7, 11) is -3.18. The second kappa shape index (κ2) is 9.07. The quantitative estimate of drug-likeness (QED) is 0.675. The molecule has 0 bridgehead atoms. The van der Waals surface area contributed by atoms with Gasteiger partial charge in [0, 0.05) is 31.3 Å². The van der Waals surface area contributed by atoms with Gasteiger partial charge in [-0.15, -0.1) is 10.2 Å². The van der Waals surface area contributed by atoms with Gasteiger partial charge in [0.05, 0.1) is 18.5 Å². The van der Waals surface area contributed by atoms with Crippen LogP contribution in [0.3, 0.4) is 0 Å². The Labute approximate surface area is 164 Å². The van der Waals surface area contributed by atoms with Crippen LogP contribution in [0.4, 0.5) is 0 Å². The molecule has 2 aromatic rings. The number of nitrogens with one attached hydrogen (secondary N) is 1. The van der Waals surface area contributed by atoms with Crippen molar-refractivity contribution < 1.29 is 17.9 Å². The molecule has 1 aliphatic heterocycles. The fourth-order valence-electron chi connectivity index (χ4n) is 2.97. The number of sulfonamides is 1. The molecule has 0 aliphatic carbocycles. The summed E-state index contributed by atoms with van der Waals surface area (Å²) in [4.78, 5) is 16.4. The molecule has 0 saturated carbocycles. The molecule has 1 amide bonds. The average Bonchev–Trinajstić information content (AvgIpc) is 2.71. The molecule has 0 unspecified atom stereocenters. The molecule has 0 spiro atoms. The van der Waals surface area contributed by atoms with Gasteiger partial charge in [0.25, 0.3) is 0 Å². The highest BCUT2D eigenvalue weighted by Crippen LogP contribution is 2.19. The molecule has 0 atom stereocenters. The van der Waals surface area contributed by atoms with E-state index in [1.54, 1.807) is 18.3 Å². The van der Waals surface area contributed by atoms with Crippen LogP contribution < -0.4 is 10.1 Å². The molecular weight excluding hydrogens is 382 g/mol. The van der Waals surface area contributed by atoms with E-state index in [-0.39, 0.29) is 18.4 Å². The number of aromatic nitrogens is 3. The Morgan fingerprint density at radius 2 is 1.96 bits per heavy atom. The molecule has 1 N–H and O–H groups in total. The lowest BCUT2D eigenvalue weighted by Gasteiger charge is -2.29. The highest BCUT2D eigenvalue weighted by Gasteiger charge is 2.28. The molecule has 1 saturated heterocycles. The number of nitrogens with zero attached hydrogens (tertiary/aromatic N) is 4. The minimum absolute atomic E-state index is 0.0756. The minimum Gasteiger partial charge on any atom is -0.475 e. The van der Waals surface area contributed by atoms with Crippen LogP contribution in [0.2, 0.25) is 0 Å². The van der Waals surface area contributed by atoms with Crippen molar-refractivity contribution in [1.82, 2.24) is 24.8 Å². The molecule has 0 aromatic carbocycles. The van der Waals surface area contributed by atoms with Crippen molar-refractivity contribution in [3.63, 3.8) is 0 Å². The van der Waals surface area contributed by atoms with E-state index in [9.17, 15) is 13.2 Å². The molecule has 9 nitrogen and oxygen atoms in total. The summed E-state index contributed by atoms with van der Waals surface area (Å²) in [6.45, 7) is 1.37. The lowest BCUT2D eigenvalue weighted by atomic mass is 9.97. The van der Waals surface area contributed by atoms with Crippen LogP contribution in [-0.4, -0.2) is 66.3 Å². The number of rotatable bonds is 7. The average molecular weight is 405 g/mol. The molecule has 1 fully saturated rings. The number of hydrogen-bond acceptors (Lipinski definition) is 7. The van der Waals surface area contributed by atoms with Crippen LogP contribution in [0.15, 0.2) is 36.5 Å². The summed E-state index contributed by atoms with van der Waals surface area (Å²) in [6, 6.07) is 9.04. The zero-order chi connectivity index (χ0) is 20.0. The van der Waals surface area contributed by atoms with Gasteiger partial charge in [0.2, 0.25) is 21.8 Å². The predicted octanol–water partition coefficient (Wildman–Crippen LogP) is 0.705. The highest BCUT2D eigenvalue weighted by molar-refractivity contribution is 7.88. The lowest BCUT2D eigenvalue weighted by Crippen LogP contribution is -2.43. The van der Waals surface area contributed by atoms with Gasteiger partial charge < -0.3 is 10.1 Å². The normalized spacial score (nSPS) is 15.9. The van der Waals surface area contributed by atoms with E-state index in [1.807, 2.05) is 18.2 Å². The lowest BCUT2D eigenvalue weighted by molar-refractivity contribution is -0.126. The van der Waals surface area contributed by atoms with Crippen LogP contribution >= 0.6 is 0 Å². The van der Waals surface area contributed by atoms with Crippen LogP contribution in [0.5, 0.6) is 5.88 Å². The monoisotopic (exact) mass is 405 g/mol. The van der Waals surface area contributed by atoms with Crippen molar-refractivity contribution in [1.29, 1.82) is 0 Å². The number of piperidine rings is 1. The van der Waals surface area contributed by atoms with Crippen molar-refractivity contribution in [3.8, 4) is 17.3 Å². The molecular formula is C18H23N5O4S. The van der Waals surface area contributed by atoms with E-state index < -0.39 is 10.0 Å². The van der Waals surface area contributed by atoms with Gasteiger partial charge in [-0.1, -0.05) is 6.07 Å². The molecule has 3 heterocycles. The maximum atomic E-state index is 12.2. The number of hydrogen-bond donors (Lipinski definition) is 1. The van der Waals surface area contributed by atoms with Crippen molar-refractivity contribution >= 4 is 15.9 Å². The predicted molar refractivity (Wildman–Crippen MR) is 103 cm³/mol. The molecule has 28 heavy (non-hydrogen) atoms. The molecule has 3 rings (SSSR count). The summed E-state index contributed by atoms with van der Waals surface area (Å²) < 4.78 is 29.9. The van der Waals surface area contributed by atoms with Gasteiger partial charge in [-0.3, -0.25) is 9.78 Å². The smallest absolute Gasteiger partial charge is 0.233 e. The SMILES string of the molecule is CS(=O)(=O)N1CCC(C(=O)NCCOc2ccc(-c3ccccn3)nn2)CC1. The number of ether oxygens (including phenoxy) is 1. The first-order valence-electron chi connectivity index (χ1n) is 9.04. The second-order valence-corrected chi connectivity index (χ2v) is 8.53. The standard InChI is InChI=1S/C18H23N5O4S/c1-28(25,26)23-11-7-14(8-12-23)18(24)20-10-13-27-17-6-5-16(21-22-17)15-4-2-3-9-19-15/h2-6,9,14H,7-8,10-13H2,1H3,(H,20,24). The number of carbonyl (C=O) groups excluding carboxylic acids is 1. The largest absolute Gasteiger partial charge is 0.475 e. The van der Waals surface area contributed by atoms with Gasteiger partial charge in [-0.25, -0.2) is 12.7 Å². The van der Waals surface area contributed by atoms with Crippen molar-refractivity contribution in [2.45, 2.75) is 12.8 Å². The van der Waals surface area contributed by atoms with E-state index >= 15 is 0 Å². The third kappa shape index (κ3) is 5.46. The molecule has 2 aromatic heterocycles. The molecule has 10 heteroatoms. The Kier molecular flexibility index (Phi) is 6.53. The minimum atomic E-state index is -3.18. The fourth-order valence-corrected chi connectivity index (χ4v) is 3.85. The summed E-state index contributed by atoms with van der Waals surface area (Å²) in [5.41, 5.74) is 1.39. The van der Waals surface area contributed by atoms with Gasteiger partial charge in [0.15, 0.2) is 0 Å². The second-order valence-electron chi connectivity index (χ2n) is 6.55. The number of amides is 1. The molecule has 0 radical (unpaired) electrons. The van der Waals surface area contributed by atoms with Crippen LogP contribution in [0.1, 0.15) is 12.8 Å². The molecule has 150 valence electrons. The Hall–Kier alpha value is -2.59. The van der Waals surface area contributed by atoms with Gasteiger partial charge in [-0.2, -0.15) is 0 Å². The third-order valence-corrected chi connectivity index (χ3v) is 5.82. The zero-order valence-electron chi connectivity index (χ0n) is 15.6. The first kappa shape index (κ1) is 20.2. The van der Waals surface area contributed by atoms with Crippen LogP contribution in [0.25, 0.3) is 11.4 Å². The Balaban J connectivity index is 1.38. The summed E-state index contributed by atoms with van der Waals surface area (Å²) in [5.74, 6) is 0.124. The number of pyridine rings is 1. The highest BCUT2D eigenvalue weighted by atomic mass is 32.2. The summed E-state index contributed by atoms with van der Waals surface area (Å²) in [6.07, 6.45) is 3.94.